The summed E-state index contributed by atoms with van der Waals surface area (Å²) in [6.07, 6.45) is 0.552. The van der Waals surface area contributed by atoms with E-state index in [1.165, 1.54) is 0 Å². The van der Waals surface area contributed by atoms with Crippen LogP contribution in [0, 0.1) is 17.2 Å². The fourth-order valence-corrected chi connectivity index (χ4v) is 1.34. The molecule has 0 fully saturated rings. The minimum absolute atomic E-state index is 0.0689. The van der Waals surface area contributed by atoms with Crippen molar-refractivity contribution in [3.63, 3.8) is 0 Å². The van der Waals surface area contributed by atoms with Crippen LogP contribution in [-0.2, 0) is 11.3 Å². The molecule has 16 heavy (non-hydrogen) atoms. The van der Waals surface area contributed by atoms with Crippen LogP contribution in [0.4, 0.5) is 0 Å². The van der Waals surface area contributed by atoms with Crippen molar-refractivity contribution in [2.75, 3.05) is 0 Å². The zero-order valence-corrected chi connectivity index (χ0v) is 9.66. The standard InChI is InChI=1S/C13H16N2O/c1-10(2)7-13(16)15-9-12-5-3-11(8-14)4-6-12/h3-6,10H,7,9H2,1-2H3,(H,15,16). The van der Waals surface area contributed by atoms with Gasteiger partial charge in [-0.1, -0.05) is 26.0 Å². The van der Waals surface area contributed by atoms with Gasteiger partial charge >= 0.3 is 0 Å². The van der Waals surface area contributed by atoms with Gasteiger partial charge in [-0.25, -0.2) is 0 Å². The first-order valence-electron chi connectivity index (χ1n) is 5.37. The Kier molecular flexibility index (Phi) is 4.53. The maximum atomic E-state index is 11.4. The molecule has 1 aromatic carbocycles. The number of nitriles is 1. The first-order valence-corrected chi connectivity index (χ1v) is 5.37. The molecular formula is C13H16N2O. The molecule has 0 unspecified atom stereocenters. The van der Waals surface area contributed by atoms with E-state index in [0.717, 1.165) is 5.56 Å². The van der Waals surface area contributed by atoms with E-state index in [2.05, 4.69) is 11.4 Å². The van der Waals surface area contributed by atoms with Gasteiger partial charge in [0.05, 0.1) is 11.6 Å². The number of rotatable bonds is 4. The lowest BCUT2D eigenvalue weighted by Crippen LogP contribution is -2.23. The predicted octanol–water partition coefficient (Wildman–Crippen LogP) is 2.22. The van der Waals surface area contributed by atoms with Crippen LogP contribution in [0.2, 0.25) is 0 Å². The molecule has 0 bridgehead atoms. The summed E-state index contributed by atoms with van der Waals surface area (Å²) < 4.78 is 0. The van der Waals surface area contributed by atoms with Crippen LogP contribution >= 0.6 is 0 Å². The Morgan fingerprint density at radius 2 is 2.00 bits per heavy atom. The zero-order chi connectivity index (χ0) is 12.0. The molecular weight excluding hydrogens is 200 g/mol. The van der Waals surface area contributed by atoms with Gasteiger partial charge in [0.25, 0.3) is 0 Å². The van der Waals surface area contributed by atoms with Crippen LogP contribution in [0.1, 0.15) is 31.4 Å². The van der Waals surface area contributed by atoms with Crippen molar-refractivity contribution in [3.8, 4) is 6.07 Å². The second-order valence-corrected chi connectivity index (χ2v) is 4.18. The van der Waals surface area contributed by atoms with E-state index in [-0.39, 0.29) is 5.91 Å². The summed E-state index contributed by atoms with van der Waals surface area (Å²) in [6, 6.07) is 9.28. The SMILES string of the molecule is CC(C)CC(=O)NCc1ccc(C#N)cc1. The normalized spacial score (nSPS) is 9.88. The topological polar surface area (TPSA) is 52.9 Å². The number of benzene rings is 1. The van der Waals surface area contributed by atoms with Gasteiger partial charge in [0.1, 0.15) is 0 Å². The third kappa shape index (κ3) is 4.14. The summed E-state index contributed by atoms with van der Waals surface area (Å²) in [4.78, 5) is 11.4. The summed E-state index contributed by atoms with van der Waals surface area (Å²) in [7, 11) is 0. The fourth-order valence-electron chi connectivity index (χ4n) is 1.34. The summed E-state index contributed by atoms with van der Waals surface area (Å²) in [5.74, 6) is 0.445. The Balaban J connectivity index is 2.43. The van der Waals surface area contributed by atoms with E-state index in [0.29, 0.717) is 24.4 Å². The number of nitrogens with one attached hydrogen (secondary N) is 1. The van der Waals surface area contributed by atoms with E-state index in [1.807, 2.05) is 26.0 Å². The summed E-state index contributed by atoms with van der Waals surface area (Å²) in [5, 5.41) is 11.5. The maximum absolute atomic E-state index is 11.4. The average molecular weight is 216 g/mol. The molecule has 0 aliphatic heterocycles. The third-order valence-electron chi connectivity index (χ3n) is 2.17. The zero-order valence-electron chi connectivity index (χ0n) is 9.66. The second-order valence-electron chi connectivity index (χ2n) is 4.18. The van der Waals surface area contributed by atoms with Crippen molar-refractivity contribution in [2.24, 2.45) is 5.92 Å². The van der Waals surface area contributed by atoms with Crippen molar-refractivity contribution in [3.05, 3.63) is 35.4 Å². The van der Waals surface area contributed by atoms with Crippen LogP contribution < -0.4 is 5.32 Å². The first kappa shape index (κ1) is 12.3. The molecule has 1 N–H and O–H groups in total. The summed E-state index contributed by atoms with van der Waals surface area (Å²) >= 11 is 0. The van der Waals surface area contributed by atoms with Gasteiger partial charge in [0.2, 0.25) is 5.91 Å². The highest BCUT2D eigenvalue weighted by molar-refractivity contribution is 5.76. The molecule has 1 amide bonds. The van der Waals surface area contributed by atoms with Crippen LogP contribution in [0.25, 0.3) is 0 Å². The molecule has 0 saturated heterocycles. The van der Waals surface area contributed by atoms with Crippen LogP contribution in [0.5, 0.6) is 0 Å². The van der Waals surface area contributed by atoms with Gasteiger partial charge in [-0.15, -0.1) is 0 Å². The predicted molar refractivity (Wildman–Crippen MR) is 62.5 cm³/mol. The minimum Gasteiger partial charge on any atom is -0.352 e. The number of nitrogens with zero attached hydrogens (tertiary/aromatic N) is 1. The maximum Gasteiger partial charge on any atom is 0.220 e. The highest BCUT2D eigenvalue weighted by Crippen LogP contribution is 2.04. The Hall–Kier alpha value is -1.82. The Morgan fingerprint density at radius 1 is 1.38 bits per heavy atom. The molecule has 1 aromatic rings. The third-order valence-corrected chi connectivity index (χ3v) is 2.17. The van der Waals surface area contributed by atoms with Gasteiger partial charge in [0.15, 0.2) is 0 Å². The van der Waals surface area contributed by atoms with Gasteiger partial charge in [-0.2, -0.15) is 5.26 Å². The molecule has 0 radical (unpaired) electrons. The molecule has 3 heteroatoms. The smallest absolute Gasteiger partial charge is 0.220 e. The van der Waals surface area contributed by atoms with Crippen molar-refractivity contribution in [1.29, 1.82) is 5.26 Å². The Morgan fingerprint density at radius 3 is 2.50 bits per heavy atom. The van der Waals surface area contributed by atoms with E-state index >= 15 is 0 Å². The monoisotopic (exact) mass is 216 g/mol. The largest absolute Gasteiger partial charge is 0.352 e. The molecule has 0 aromatic heterocycles. The summed E-state index contributed by atoms with van der Waals surface area (Å²) in [5.41, 5.74) is 1.65. The number of hydrogen-bond acceptors (Lipinski definition) is 2. The Bertz CT molecular complexity index is 387. The molecule has 1 rings (SSSR count). The molecule has 84 valence electrons. The van der Waals surface area contributed by atoms with Gasteiger partial charge in [0, 0.05) is 13.0 Å². The van der Waals surface area contributed by atoms with Crippen LogP contribution in [0.15, 0.2) is 24.3 Å². The van der Waals surface area contributed by atoms with Crippen molar-refractivity contribution >= 4 is 5.91 Å². The van der Waals surface area contributed by atoms with E-state index in [9.17, 15) is 4.79 Å². The number of amides is 1. The highest BCUT2D eigenvalue weighted by atomic mass is 16.1. The molecule has 0 atom stereocenters. The van der Waals surface area contributed by atoms with Crippen LogP contribution in [-0.4, -0.2) is 5.91 Å². The molecule has 0 saturated carbocycles. The van der Waals surface area contributed by atoms with Crippen molar-refractivity contribution < 1.29 is 4.79 Å². The molecule has 0 heterocycles. The van der Waals surface area contributed by atoms with Gasteiger partial charge < -0.3 is 5.32 Å². The molecule has 3 nitrogen and oxygen atoms in total. The fraction of sp³-hybridized carbons (Fsp3) is 0.385. The van der Waals surface area contributed by atoms with Crippen LogP contribution in [0.3, 0.4) is 0 Å². The van der Waals surface area contributed by atoms with Crippen molar-refractivity contribution in [1.82, 2.24) is 5.32 Å². The van der Waals surface area contributed by atoms with Crippen molar-refractivity contribution in [2.45, 2.75) is 26.8 Å². The minimum atomic E-state index is 0.0689. The quantitative estimate of drug-likeness (QED) is 0.839. The van der Waals surface area contributed by atoms with E-state index in [1.54, 1.807) is 12.1 Å². The molecule has 0 aliphatic carbocycles. The second kappa shape index (κ2) is 5.92. The first-order chi connectivity index (χ1) is 7.61. The van der Waals surface area contributed by atoms with Gasteiger partial charge in [-0.3, -0.25) is 4.79 Å². The Labute approximate surface area is 96.1 Å². The molecule has 0 spiro atoms. The van der Waals surface area contributed by atoms with Gasteiger partial charge in [-0.05, 0) is 23.6 Å². The lowest BCUT2D eigenvalue weighted by Gasteiger charge is -2.07. The summed E-state index contributed by atoms with van der Waals surface area (Å²) in [6.45, 7) is 4.56. The number of carbonyl (C=O) groups is 1. The van der Waals surface area contributed by atoms with E-state index in [4.69, 9.17) is 5.26 Å². The van der Waals surface area contributed by atoms with E-state index < -0.39 is 0 Å². The lowest BCUT2D eigenvalue weighted by atomic mass is 10.1. The lowest BCUT2D eigenvalue weighted by molar-refractivity contribution is -0.121. The number of hydrogen-bond donors (Lipinski definition) is 1. The number of carbonyl (C=O) groups excluding carboxylic acids is 1. The average Bonchev–Trinajstić information content (AvgIpc) is 2.26. The highest BCUT2D eigenvalue weighted by Gasteiger charge is 2.03. The molecule has 0 aliphatic rings.